The Morgan fingerprint density at radius 2 is 1.75 bits per heavy atom. The van der Waals surface area contributed by atoms with Gasteiger partial charge >= 0.3 is 0 Å². The molecule has 0 fully saturated rings. The van der Waals surface area contributed by atoms with Crippen molar-refractivity contribution in [3.05, 3.63) is 0 Å². The van der Waals surface area contributed by atoms with Crippen molar-refractivity contribution in [3.8, 4) is 0 Å². The lowest BCUT2D eigenvalue weighted by Gasteiger charge is -2.25. The number of aliphatic hydroxyl groups is 1. The van der Waals surface area contributed by atoms with Crippen LogP contribution in [0.1, 0.15) is 40.5 Å². The fourth-order valence-electron chi connectivity index (χ4n) is 1.38. The van der Waals surface area contributed by atoms with Gasteiger partial charge in [-0.1, -0.05) is 27.7 Å². The number of rotatable bonds is 6. The van der Waals surface area contributed by atoms with Crippen molar-refractivity contribution in [1.29, 1.82) is 0 Å². The Morgan fingerprint density at radius 3 is 2.00 bits per heavy atom. The van der Waals surface area contributed by atoms with Gasteiger partial charge in [-0.05, 0) is 18.8 Å². The molecule has 0 aromatic carbocycles. The van der Waals surface area contributed by atoms with Crippen molar-refractivity contribution in [2.45, 2.75) is 52.6 Å². The molecule has 0 aliphatic rings. The molecule has 0 aromatic heterocycles. The highest BCUT2D eigenvalue weighted by atomic mass is 16.3. The summed E-state index contributed by atoms with van der Waals surface area (Å²) in [5.41, 5.74) is 0. The third kappa shape index (κ3) is 4.07. The molecule has 0 saturated carbocycles. The molecular weight excluding hydrogens is 150 g/mol. The first-order valence-electron chi connectivity index (χ1n) is 5.02. The van der Waals surface area contributed by atoms with E-state index >= 15 is 0 Å². The van der Waals surface area contributed by atoms with Gasteiger partial charge in [-0.2, -0.15) is 0 Å². The molecule has 12 heavy (non-hydrogen) atoms. The highest BCUT2D eigenvalue weighted by Gasteiger charge is 2.14. The molecule has 0 aliphatic carbocycles. The second kappa shape index (κ2) is 6.44. The van der Waals surface area contributed by atoms with Gasteiger partial charge < -0.3 is 10.4 Å². The van der Waals surface area contributed by atoms with Crippen LogP contribution in [0.5, 0.6) is 0 Å². The highest BCUT2D eigenvalue weighted by Crippen LogP contribution is 2.07. The Morgan fingerprint density at radius 1 is 1.17 bits per heavy atom. The van der Waals surface area contributed by atoms with Gasteiger partial charge in [0.2, 0.25) is 0 Å². The van der Waals surface area contributed by atoms with E-state index in [1.807, 2.05) is 0 Å². The predicted molar refractivity (Wildman–Crippen MR) is 53.2 cm³/mol. The van der Waals surface area contributed by atoms with Crippen molar-refractivity contribution in [1.82, 2.24) is 5.32 Å². The summed E-state index contributed by atoms with van der Waals surface area (Å²) in [5, 5.41) is 12.4. The third-order valence-electron chi connectivity index (χ3n) is 2.41. The van der Waals surface area contributed by atoms with Crippen molar-refractivity contribution in [3.63, 3.8) is 0 Å². The minimum Gasteiger partial charge on any atom is -0.395 e. The van der Waals surface area contributed by atoms with Crippen LogP contribution in [-0.4, -0.2) is 23.8 Å². The summed E-state index contributed by atoms with van der Waals surface area (Å²) in [6.45, 7) is 8.96. The van der Waals surface area contributed by atoms with Crippen LogP contribution in [0.25, 0.3) is 0 Å². The lowest BCUT2D eigenvalue weighted by molar-refractivity contribution is 0.214. The summed E-state index contributed by atoms with van der Waals surface area (Å²) in [4.78, 5) is 0. The molecule has 2 nitrogen and oxygen atoms in total. The summed E-state index contributed by atoms with van der Waals surface area (Å²) in [6, 6.07) is 0.819. The maximum Gasteiger partial charge on any atom is 0.0584 e. The molecule has 0 unspecified atom stereocenters. The topological polar surface area (TPSA) is 32.3 Å². The maximum absolute atomic E-state index is 8.99. The predicted octanol–water partition coefficient (Wildman–Crippen LogP) is 1.78. The van der Waals surface area contributed by atoms with Crippen LogP contribution in [0.15, 0.2) is 0 Å². The van der Waals surface area contributed by atoms with E-state index in [2.05, 4.69) is 33.0 Å². The molecule has 0 aromatic rings. The van der Waals surface area contributed by atoms with E-state index in [9.17, 15) is 0 Å². The van der Waals surface area contributed by atoms with Crippen LogP contribution >= 0.6 is 0 Å². The van der Waals surface area contributed by atoms with Crippen molar-refractivity contribution < 1.29 is 5.11 Å². The van der Waals surface area contributed by atoms with Crippen molar-refractivity contribution in [2.24, 2.45) is 5.92 Å². The van der Waals surface area contributed by atoms with Gasteiger partial charge in [0.1, 0.15) is 0 Å². The smallest absolute Gasteiger partial charge is 0.0584 e. The molecule has 0 aliphatic heterocycles. The second-order valence-corrected chi connectivity index (χ2v) is 3.71. The van der Waals surface area contributed by atoms with Gasteiger partial charge in [0, 0.05) is 12.1 Å². The molecule has 0 rings (SSSR count). The Labute approximate surface area is 76.4 Å². The quantitative estimate of drug-likeness (QED) is 0.641. The first-order chi connectivity index (χ1) is 5.65. The molecule has 0 bridgehead atoms. The number of nitrogens with one attached hydrogen (secondary N) is 1. The summed E-state index contributed by atoms with van der Waals surface area (Å²) < 4.78 is 0. The summed E-state index contributed by atoms with van der Waals surface area (Å²) in [5.74, 6) is 0.649. The summed E-state index contributed by atoms with van der Waals surface area (Å²) >= 11 is 0. The molecule has 0 heterocycles. The zero-order valence-corrected chi connectivity index (χ0v) is 8.80. The van der Waals surface area contributed by atoms with Crippen molar-refractivity contribution in [2.75, 3.05) is 6.61 Å². The SMILES string of the molecule is CC[C@@H](CO)N[C@@H](CC)C(C)C. The van der Waals surface area contributed by atoms with Crippen LogP contribution in [0, 0.1) is 5.92 Å². The van der Waals surface area contributed by atoms with E-state index in [0.29, 0.717) is 12.0 Å². The van der Waals surface area contributed by atoms with E-state index in [4.69, 9.17) is 5.11 Å². The standard InChI is InChI=1S/C10H23NO/c1-5-9(7-12)11-10(6-2)8(3)4/h8-12H,5-7H2,1-4H3/t9-,10-/m0/s1. The fraction of sp³-hybridized carbons (Fsp3) is 1.00. The first-order valence-corrected chi connectivity index (χ1v) is 5.02. The molecular formula is C10H23NO. The van der Waals surface area contributed by atoms with Crippen molar-refractivity contribution >= 4 is 0 Å². The van der Waals surface area contributed by atoms with Crippen LogP contribution in [-0.2, 0) is 0 Å². The molecule has 2 atom stereocenters. The van der Waals surface area contributed by atoms with Gasteiger partial charge in [0.05, 0.1) is 6.61 Å². The molecule has 2 N–H and O–H groups in total. The normalized spacial score (nSPS) is 16.5. The summed E-state index contributed by atoms with van der Waals surface area (Å²) in [7, 11) is 0. The van der Waals surface area contributed by atoms with Crippen LogP contribution in [0.2, 0.25) is 0 Å². The van der Waals surface area contributed by atoms with Gasteiger partial charge in [-0.15, -0.1) is 0 Å². The van der Waals surface area contributed by atoms with Crippen LogP contribution in [0.4, 0.5) is 0 Å². The lowest BCUT2D eigenvalue weighted by atomic mass is 10.0. The van der Waals surface area contributed by atoms with Gasteiger partial charge in [0.15, 0.2) is 0 Å². The largest absolute Gasteiger partial charge is 0.395 e. The fourth-order valence-corrected chi connectivity index (χ4v) is 1.38. The average Bonchev–Trinajstić information content (AvgIpc) is 2.06. The third-order valence-corrected chi connectivity index (χ3v) is 2.41. The maximum atomic E-state index is 8.99. The minimum absolute atomic E-state index is 0.250. The molecule has 0 saturated heterocycles. The lowest BCUT2D eigenvalue weighted by Crippen LogP contribution is -2.42. The zero-order valence-electron chi connectivity index (χ0n) is 8.80. The molecule has 0 radical (unpaired) electrons. The van der Waals surface area contributed by atoms with Gasteiger partial charge in [-0.3, -0.25) is 0 Å². The van der Waals surface area contributed by atoms with Gasteiger partial charge in [-0.25, -0.2) is 0 Å². The summed E-state index contributed by atoms with van der Waals surface area (Å²) in [6.07, 6.45) is 2.13. The van der Waals surface area contributed by atoms with E-state index < -0.39 is 0 Å². The molecule has 0 amide bonds. The van der Waals surface area contributed by atoms with E-state index in [0.717, 1.165) is 12.8 Å². The Bertz CT molecular complexity index is 100. The Hall–Kier alpha value is -0.0800. The number of hydrogen-bond donors (Lipinski definition) is 2. The average molecular weight is 173 g/mol. The Balaban J connectivity index is 3.82. The minimum atomic E-state index is 0.250. The monoisotopic (exact) mass is 173 g/mol. The number of aliphatic hydroxyl groups excluding tert-OH is 1. The van der Waals surface area contributed by atoms with E-state index in [1.54, 1.807) is 0 Å². The van der Waals surface area contributed by atoms with Gasteiger partial charge in [0.25, 0.3) is 0 Å². The zero-order chi connectivity index (χ0) is 9.56. The Kier molecular flexibility index (Phi) is 6.39. The molecule has 0 spiro atoms. The van der Waals surface area contributed by atoms with E-state index in [1.165, 1.54) is 0 Å². The molecule has 2 heteroatoms. The molecule has 74 valence electrons. The highest BCUT2D eigenvalue weighted by molar-refractivity contribution is 4.74. The van der Waals surface area contributed by atoms with Crippen LogP contribution < -0.4 is 5.32 Å². The van der Waals surface area contributed by atoms with Crippen LogP contribution in [0.3, 0.4) is 0 Å². The first kappa shape index (κ1) is 11.9. The number of hydrogen-bond acceptors (Lipinski definition) is 2. The second-order valence-electron chi connectivity index (χ2n) is 3.71. The van der Waals surface area contributed by atoms with E-state index in [-0.39, 0.29) is 12.6 Å².